The Balaban J connectivity index is 1.73. The van der Waals surface area contributed by atoms with Crippen LogP contribution >= 0.6 is 0 Å². The molecule has 4 heteroatoms. The number of likely N-dealkylation sites (tertiary alicyclic amines) is 1. The lowest BCUT2D eigenvalue weighted by Crippen LogP contribution is -2.39. The van der Waals surface area contributed by atoms with Crippen LogP contribution in [0.2, 0.25) is 0 Å². The fourth-order valence-corrected chi connectivity index (χ4v) is 3.61. The Morgan fingerprint density at radius 3 is 2.86 bits per heavy atom. The molecule has 2 fully saturated rings. The van der Waals surface area contributed by atoms with Crippen molar-refractivity contribution in [3.8, 4) is 0 Å². The molecule has 2 aromatic rings. The molecule has 1 aliphatic heterocycles. The maximum atomic E-state index is 4.97. The molecular weight excluding hydrogens is 260 g/mol. The number of imidazole rings is 1. The Morgan fingerprint density at radius 1 is 1.24 bits per heavy atom. The lowest BCUT2D eigenvalue weighted by Gasteiger charge is -2.35. The summed E-state index contributed by atoms with van der Waals surface area (Å²) in [6.45, 7) is 6.98. The van der Waals surface area contributed by atoms with Crippen LogP contribution in [0.4, 0.5) is 0 Å². The summed E-state index contributed by atoms with van der Waals surface area (Å²) in [5.74, 6) is 1.85. The van der Waals surface area contributed by atoms with Gasteiger partial charge in [-0.2, -0.15) is 0 Å². The molecule has 3 heterocycles. The molecule has 2 aromatic heterocycles. The highest BCUT2D eigenvalue weighted by Crippen LogP contribution is 2.41. The smallest absolute Gasteiger partial charge is 0.160 e. The molecule has 0 radical (unpaired) electrons. The molecule has 0 aromatic carbocycles. The van der Waals surface area contributed by atoms with Crippen LogP contribution < -0.4 is 0 Å². The van der Waals surface area contributed by atoms with Gasteiger partial charge in [-0.25, -0.2) is 9.97 Å². The molecule has 4 nitrogen and oxygen atoms in total. The molecular formula is C17H24N4. The summed E-state index contributed by atoms with van der Waals surface area (Å²) in [6, 6.07) is 5.38. The quantitative estimate of drug-likeness (QED) is 0.866. The van der Waals surface area contributed by atoms with Crippen molar-refractivity contribution in [3.63, 3.8) is 0 Å². The van der Waals surface area contributed by atoms with Crippen LogP contribution in [0.3, 0.4) is 0 Å². The summed E-state index contributed by atoms with van der Waals surface area (Å²) in [6.07, 6.45) is 7.02. The number of fused-ring (bicyclic) bond motifs is 1. The molecule has 0 N–H and O–H groups in total. The molecule has 0 amide bonds. The van der Waals surface area contributed by atoms with Crippen LogP contribution in [-0.4, -0.2) is 38.6 Å². The summed E-state index contributed by atoms with van der Waals surface area (Å²) in [5, 5.41) is 0. The predicted molar refractivity (Wildman–Crippen MR) is 84.5 cm³/mol. The first kappa shape index (κ1) is 13.3. The third kappa shape index (κ3) is 2.35. The van der Waals surface area contributed by atoms with Crippen LogP contribution in [0.15, 0.2) is 18.3 Å². The number of nitrogens with zero attached hydrogens (tertiary/aromatic N) is 4. The number of hydrogen-bond donors (Lipinski definition) is 0. The van der Waals surface area contributed by atoms with Crippen molar-refractivity contribution in [2.45, 2.75) is 57.5 Å². The van der Waals surface area contributed by atoms with Crippen molar-refractivity contribution in [3.05, 3.63) is 24.2 Å². The SMILES string of the molecule is CC(C)N1CCCC(c2nc3cccnc3n2C2CC2)C1. The summed E-state index contributed by atoms with van der Waals surface area (Å²) in [7, 11) is 0. The third-order valence-corrected chi connectivity index (χ3v) is 4.94. The third-order valence-electron chi connectivity index (χ3n) is 4.94. The first-order valence-corrected chi connectivity index (χ1v) is 8.31. The van der Waals surface area contributed by atoms with E-state index in [4.69, 9.17) is 4.98 Å². The van der Waals surface area contributed by atoms with Crippen LogP contribution in [0.1, 0.15) is 57.3 Å². The zero-order valence-electron chi connectivity index (χ0n) is 13.0. The second-order valence-electron chi connectivity index (χ2n) is 6.85. The summed E-state index contributed by atoms with van der Waals surface area (Å²) in [5.41, 5.74) is 2.16. The molecule has 1 atom stereocenters. The lowest BCUT2D eigenvalue weighted by molar-refractivity contribution is 0.163. The topological polar surface area (TPSA) is 34.0 Å². The average molecular weight is 284 g/mol. The average Bonchev–Trinajstić information content (AvgIpc) is 3.27. The standard InChI is InChI=1S/C17H24N4/c1-12(2)20-10-4-5-13(11-20)16-19-15-6-3-9-18-17(15)21(16)14-7-8-14/h3,6,9,12-14H,4-5,7-8,10-11H2,1-2H3. The molecule has 0 spiro atoms. The Hall–Kier alpha value is -1.42. The number of hydrogen-bond acceptors (Lipinski definition) is 3. The molecule has 2 aliphatic rings. The van der Waals surface area contributed by atoms with E-state index in [-0.39, 0.29) is 0 Å². The molecule has 0 bridgehead atoms. The van der Waals surface area contributed by atoms with E-state index in [2.05, 4.69) is 34.4 Å². The van der Waals surface area contributed by atoms with E-state index in [0.717, 1.165) is 17.7 Å². The van der Waals surface area contributed by atoms with Gasteiger partial charge in [0.2, 0.25) is 0 Å². The second-order valence-corrected chi connectivity index (χ2v) is 6.85. The molecule has 1 saturated carbocycles. The van der Waals surface area contributed by atoms with Gasteiger partial charge < -0.3 is 9.47 Å². The predicted octanol–water partition coefficient (Wildman–Crippen LogP) is 3.35. The highest BCUT2D eigenvalue weighted by atomic mass is 15.2. The van der Waals surface area contributed by atoms with Gasteiger partial charge in [-0.1, -0.05) is 0 Å². The summed E-state index contributed by atoms with van der Waals surface area (Å²) >= 11 is 0. The minimum absolute atomic E-state index is 0.566. The van der Waals surface area contributed by atoms with Crippen molar-refractivity contribution in [1.29, 1.82) is 0 Å². The largest absolute Gasteiger partial charge is 0.309 e. The Morgan fingerprint density at radius 2 is 2.10 bits per heavy atom. The monoisotopic (exact) mass is 284 g/mol. The maximum absolute atomic E-state index is 4.97. The van der Waals surface area contributed by atoms with Gasteiger partial charge >= 0.3 is 0 Å². The van der Waals surface area contributed by atoms with Gasteiger partial charge in [0, 0.05) is 30.7 Å². The lowest BCUT2D eigenvalue weighted by atomic mass is 9.96. The van der Waals surface area contributed by atoms with Crippen molar-refractivity contribution >= 4 is 11.2 Å². The van der Waals surface area contributed by atoms with E-state index in [9.17, 15) is 0 Å². The van der Waals surface area contributed by atoms with Gasteiger partial charge in [0.25, 0.3) is 0 Å². The van der Waals surface area contributed by atoms with Gasteiger partial charge in [-0.3, -0.25) is 0 Å². The van der Waals surface area contributed by atoms with E-state index in [1.165, 1.54) is 38.1 Å². The highest BCUT2D eigenvalue weighted by molar-refractivity contribution is 5.71. The van der Waals surface area contributed by atoms with Gasteiger partial charge in [0.15, 0.2) is 5.65 Å². The van der Waals surface area contributed by atoms with Crippen LogP contribution in [0.25, 0.3) is 11.2 Å². The number of aromatic nitrogens is 3. The van der Waals surface area contributed by atoms with E-state index in [1.807, 2.05) is 12.3 Å². The van der Waals surface area contributed by atoms with Crippen molar-refractivity contribution in [1.82, 2.24) is 19.4 Å². The van der Waals surface area contributed by atoms with Gasteiger partial charge in [-0.05, 0) is 58.2 Å². The van der Waals surface area contributed by atoms with E-state index in [0.29, 0.717) is 18.0 Å². The Kier molecular flexibility index (Phi) is 3.21. The molecule has 1 saturated heterocycles. The Bertz CT molecular complexity index is 641. The van der Waals surface area contributed by atoms with Crippen LogP contribution in [0.5, 0.6) is 0 Å². The second kappa shape index (κ2) is 5.09. The van der Waals surface area contributed by atoms with E-state index in [1.54, 1.807) is 0 Å². The van der Waals surface area contributed by atoms with Gasteiger partial charge in [0.05, 0.1) is 0 Å². The number of rotatable bonds is 3. The normalized spacial score (nSPS) is 24.0. The Labute approximate surface area is 126 Å². The number of pyridine rings is 1. The molecule has 21 heavy (non-hydrogen) atoms. The van der Waals surface area contributed by atoms with Crippen molar-refractivity contribution in [2.24, 2.45) is 0 Å². The minimum Gasteiger partial charge on any atom is -0.309 e. The highest BCUT2D eigenvalue weighted by Gasteiger charge is 2.33. The summed E-state index contributed by atoms with van der Waals surface area (Å²) < 4.78 is 2.45. The zero-order valence-corrected chi connectivity index (χ0v) is 13.0. The fraction of sp³-hybridized carbons (Fsp3) is 0.647. The molecule has 112 valence electrons. The van der Waals surface area contributed by atoms with Gasteiger partial charge in [0.1, 0.15) is 11.3 Å². The zero-order chi connectivity index (χ0) is 14.4. The summed E-state index contributed by atoms with van der Waals surface area (Å²) in [4.78, 5) is 12.2. The van der Waals surface area contributed by atoms with E-state index >= 15 is 0 Å². The molecule has 1 aliphatic carbocycles. The van der Waals surface area contributed by atoms with Crippen molar-refractivity contribution < 1.29 is 0 Å². The molecule has 4 rings (SSSR count). The van der Waals surface area contributed by atoms with Crippen LogP contribution in [-0.2, 0) is 0 Å². The number of piperidine rings is 1. The van der Waals surface area contributed by atoms with E-state index < -0.39 is 0 Å². The minimum atomic E-state index is 0.566. The first-order valence-electron chi connectivity index (χ1n) is 8.31. The first-order chi connectivity index (χ1) is 10.2. The maximum Gasteiger partial charge on any atom is 0.160 e. The van der Waals surface area contributed by atoms with Crippen LogP contribution in [0, 0.1) is 0 Å². The fourth-order valence-electron chi connectivity index (χ4n) is 3.61. The van der Waals surface area contributed by atoms with Crippen molar-refractivity contribution in [2.75, 3.05) is 13.1 Å². The molecule has 1 unspecified atom stereocenters. The van der Waals surface area contributed by atoms with Gasteiger partial charge in [-0.15, -0.1) is 0 Å².